The van der Waals surface area contributed by atoms with Gasteiger partial charge in [0.05, 0.1) is 11.9 Å². The average molecular weight is 462 g/mol. The topological polar surface area (TPSA) is 55.4 Å². The number of hydrogen-bond donors (Lipinski definition) is 1. The van der Waals surface area contributed by atoms with Gasteiger partial charge in [-0.2, -0.15) is 0 Å². The molecule has 1 amide bonds. The summed E-state index contributed by atoms with van der Waals surface area (Å²) in [4.78, 5) is 25.5. The molecule has 0 unspecified atom stereocenters. The van der Waals surface area contributed by atoms with E-state index in [1.165, 1.54) is 7.11 Å². The summed E-state index contributed by atoms with van der Waals surface area (Å²) in [5.74, 6) is -0.585. The van der Waals surface area contributed by atoms with E-state index in [0.717, 1.165) is 16.7 Å². The highest BCUT2D eigenvalue weighted by Crippen LogP contribution is 2.49. The number of benzene rings is 3. The highest BCUT2D eigenvalue weighted by molar-refractivity contribution is 8.00. The van der Waals surface area contributed by atoms with E-state index in [-0.39, 0.29) is 11.8 Å². The lowest BCUT2D eigenvalue weighted by molar-refractivity contribution is -0.149. The fraction of sp³-hybridized carbons (Fsp3) is 0.286. The van der Waals surface area contributed by atoms with Crippen LogP contribution in [0.2, 0.25) is 0 Å². The fourth-order valence-electron chi connectivity index (χ4n) is 3.81. The molecule has 0 spiro atoms. The highest BCUT2D eigenvalue weighted by Gasteiger charge is 2.43. The monoisotopic (exact) mass is 461 g/mol. The van der Waals surface area contributed by atoms with Gasteiger partial charge in [-0.15, -0.1) is 11.8 Å². The second-order valence-electron chi connectivity index (χ2n) is 8.54. The van der Waals surface area contributed by atoms with Crippen molar-refractivity contribution >= 4 is 23.6 Å². The van der Waals surface area contributed by atoms with Crippen LogP contribution in [0, 0.1) is 5.92 Å². The fourth-order valence-corrected chi connectivity index (χ4v) is 5.41. The van der Waals surface area contributed by atoms with Gasteiger partial charge in [-0.25, -0.2) is 4.79 Å². The van der Waals surface area contributed by atoms with Crippen molar-refractivity contribution in [2.45, 2.75) is 31.1 Å². The van der Waals surface area contributed by atoms with E-state index in [9.17, 15) is 9.59 Å². The molecule has 33 heavy (non-hydrogen) atoms. The summed E-state index contributed by atoms with van der Waals surface area (Å²) >= 11 is 1.62. The molecule has 172 valence electrons. The molecule has 0 fully saturated rings. The van der Waals surface area contributed by atoms with Crippen molar-refractivity contribution in [3.8, 4) is 0 Å². The lowest BCUT2D eigenvalue weighted by Gasteiger charge is -2.38. The maximum absolute atomic E-state index is 12.9. The summed E-state index contributed by atoms with van der Waals surface area (Å²) in [7, 11) is 1.35. The van der Waals surface area contributed by atoms with E-state index in [1.54, 1.807) is 18.7 Å². The van der Waals surface area contributed by atoms with Crippen molar-refractivity contribution in [2.75, 3.05) is 12.9 Å². The molecule has 0 saturated heterocycles. The molecule has 0 aliphatic rings. The number of amides is 1. The van der Waals surface area contributed by atoms with Crippen molar-refractivity contribution in [1.29, 1.82) is 0 Å². The molecule has 0 heterocycles. The van der Waals surface area contributed by atoms with Gasteiger partial charge in [0.25, 0.3) is 0 Å². The van der Waals surface area contributed by atoms with Crippen molar-refractivity contribution in [3.05, 3.63) is 108 Å². The van der Waals surface area contributed by atoms with E-state index >= 15 is 0 Å². The zero-order chi connectivity index (χ0) is 23.9. The Balaban J connectivity index is 2.15. The van der Waals surface area contributed by atoms with Gasteiger partial charge in [0.1, 0.15) is 5.54 Å². The van der Waals surface area contributed by atoms with Crippen LogP contribution in [0.3, 0.4) is 0 Å². The van der Waals surface area contributed by atoms with Crippen molar-refractivity contribution < 1.29 is 14.3 Å². The Morgan fingerprint density at radius 1 is 0.818 bits per heavy atom. The van der Waals surface area contributed by atoms with Crippen LogP contribution in [0.1, 0.15) is 37.5 Å². The molecule has 0 aliphatic carbocycles. The quantitative estimate of drug-likeness (QED) is 0.342. The Kier molecular flexibility index (Phi) is 7.98. The van der Waals surface area contributed by atoms with E-state index in [2.05, 4.69) is 41.7 Å². The van der Waals surface area contributed by atoms with Crippen LogP contribution in [0.15, 0.2) is 91.0 Å². The number of ether oxygens (including phenoxy) is 1. The molecular weight excluding hydrogens is 430 g/mol. The number of carbonyl (C=O) groups is 2. The zero-order valence-electron chi connectivity index (χ0n) is 19.6. The number of nitrogens with one attached hydrogen (secondary N) is 1. The van der Waals surface area contributed by atoms with E-state index in [4.69, 9.17) is 4.74 Å². The molecular formula is C28H31NO3S. The van der Waals surface area contributed by atoms with Crippen molar-refractivity contribution in [3.63, 3.8) is 0 Å². The Bertz CT molecular complexity index is 958. The number of carbonyl (C=O) groups excluding carboxylic acids is 2. The largest absolute Gasteiger partial charge is 0.467 e. The summed E-state index contributed by atoms with van der Waals surface area (Å²) < 4.78 is 4.52. The van der Waals surface area contributed by atoms with Crippen LogP contribution < -0.4 is 5.32 Å². The number of thioether (sulfide) groups is 1. The first-order valence-electron chi connectivity index (χ1n) is 11.0. The number of methoxy groups -OCH3 is 1. The average Bonchev–Trinajstić information content (AvgIpc) is 2.85. The lowest BCUT2D eigenvalue weighted by atomic mass is 9.84. The predicted octanol–water partition coefficient (Wildman–Crippen LogP) is 5.42. The Morgan fingerprint density at radius 2 is 1.21 bits per heavy atom. The van der Waals surface area contributed by atoms with Gasteiger partial charge in [0.2, 0.25) is 5.91 Å². The van der Waals surface area contributed by atoms with Gasteiger partial charge in [-0.05, 0) is 23.6 Å². The first kappa shape index (κ1) is 24.6. The molecule has 5 heteroatoms. The van der Waals surface area contributed by atoms with E-state index in [0.29, 0.717) is 5.75 Å². The number of rotatable bonds is 9. The van der Waals surface area contributed by atoms with Gasteiger partial charge in [0, 0.05) is 11.7 Å². The minimum absolute atomic E-state index is 0.187. The minimum atomic E-state index is -1.19. The van der Waals surface area contributed by atoms with Crippen LogP contribution in [-0.4, -0.2) is 30.3 Å². The van der Waals surface area contributed by atoms with Gasteiger partial charge in [0.15, 0.2) is 0 Å². The van der Waals surface area contributed by atoms with Crippen molar-refractivity contribution in [2.24, 2.45) is 5.92 Å². The number of esters is 1. The summed E-state index contributed by atoms with van der Waals surface area (Å²) in [5.41, 5.74) is 2.09. The zero-order valence-corrected chi connectivity index (χ0v) is 20.4. The molecule has 0 bridgehead atoms. The van der Waals surface area contributed by atoms with Crippen LogP contribution in [0.25, 0.3) is 0 Å². The second-order valence-corrected chi connectivity index (χ2v) is 9.73. The van der Waals surface area contributed by atoms with Crippen LogP contribution in [-0.2, 0) is 19.1 Å². The summed E-state index contributed by atoms with van der Waals surface area (Å²) in [6.07, 6.45) is 0. The summed E-state index contributed by atoms with van der Waals surface area (Å²) in [6, 6.07) is 30.8. The molecule has 0 saturated carbocycles. The summed E-state index contributed by atoms with van der Waals surface area (Å²) in [6.45, 7) is 5.35. The lowest BCUT2D eigenvalue weighted by Crippen LogP contribution is -2.56. The molecule has 0 aliphatic heterocycles. The standard InChI is InChI=1S/C28H31NO3S/c1-21(2)25(30)29-27(3,26(31)32-4)20-33-28(22-14-8-5-9-15-22,23-16-10-6-11-17-23)24-18-12-7-13-19-24/h5-19,21H,20H2,1-4H3,(H,29,30)/t27-/m0/s1. The third kappa shape index (κ3) is 5.31. The predicted molar refractivity (Wildman–Crippen MR) is 135 cm³/mol. The molecule has 3 rings (SSSR count). The van der Waals surface area contributed by atoms with Crippen LogP contribution in [0.4, 0.5) is 0 Å². The third-order valence-electron chi connectivity index (χ3n) is 5.68. The molecule has 1 atom stereocenters. The maximum atomic E-state index is 12.9. The Hall–Kier alpha value is -3.05. The SMILES string of the molecule is COC(=O)[C@](C)(CSC(c1ccccc1)(c1ccccc1)c1ccccc1)NC(=O)C(C)C. The van der Waals surface area contributed by atoms with Gasteiger partial charge in [-0.1, -0.05) is 105 Å². The number of hydrogen-bond acceptors (Lipinski definition) is 4. The van der Waals surface area contributed by atoms with E-state index < -0.39 is 16.3 Å². The van der Waals surface area contributed by atoms with Crippen LogP contribution >= 0.6 is 11.8 Å². The molecule has 0 radical (unpaired) electrons. The van der Waals surface area contributed by atoms with Gasteiger partial charge < -0.3 is 10.1 Å². The Labute approximate surface area is 200 Å². The smallest absolute Gasteiger partial charge is 0.332 e. The Morgan fingerprint density at radius 3 is 1.55 bits per heavy atom. The van der Waals surface area contributed by atoms with Crippen molar-refractivity contribution in [1.82, 2.24) is 5.32 Å². The molecule has 3 aromatic rings. The van der Waals surface area contributed by atoms with Crippen LogP contribution in [0.5, 0.6) is 0 Å². The van der Waals surface area contributed by atoms with Gasteiger partial charge in [-0.3, -0.25) is 4.79 Å². The second kappa shape index (κ2) is 10.7. The molecule has 1 N–H and O–H groups in total. The maximum Gasteiger partial charge on any atom is 0.332 e. The normalized spacial score (nSPS) is 13.2. The molecule has 0 aromatic heterocycles. The first-order valence-corrected chi connectivity index (χ1v) is 12.0. The summed E-state index contributed by atoms with van der Waals surface area (Å²) in [5, 5.41) is 2.94. The van der Waals surface area contributed by atoms with E-state index in [1.807, 2.05) is 68.4 Å². The molecule has 3 aromatic carbocycles. The minimum Gasteiger partial charge on any atom is -0.467 e. The van der Waals surface area contributed by atoms with Gasteiger partial charge >= 0.3 is 5.97 Å². The third-order valence-corrected chi connectivity index (χ3v) is 7.54. The highest BCUT2D eigenvalue weighted by atomic mass is 32.2. The first-order chi connectivity index (χ1) is 15.8. The molecule has 4 nitrogen and oxygen atoms in total.